The second-order valence-electron chi connectivity index (χ2n) is 6.40. The maximum absolute atomic E-state index is 13.6. The van der Waals surface area contributed by atoms with Gasteiger partial charge in [0.15, 0.2) is 0 Å². The minimum Gasteiger partial charge on any atom is -0.320 e. The Morgan fingerprint density at radius 2 is 1.76 bits per heavy atom. The molecule has 11 heteroatoms. The number of nitrogens with zero attached hydrogens (tertiary/aromatic N) is 2. The predicted molar refractivity (Wildman–Crippen MR) is 95.7 cm³/mol. The van der Waals surface area contributed by atoms with Gasteiger partial charge in [-0.15, -0.1) is 0 Å². The lowest BCUT2D eigenvalue weighted by Gasteiger charge is -2.22. The number of halogens is 2. The van der Waals surface area contributed by atoms with E-state index in [2.05, 4.69) is 5.32 Å². The summed E-state index contributed by atoms with van der Waals surface area (Å²) in [5.41, 5.74) is -2.18. The minimum atomic E-state index is -1.56. The van der Waals surface area contributed by atoms with E-state index in [9.17, 15) is 33.3 Å². The van der Waals surface area contributed by atoms with E-state index >= 15 is 0 Å². The van der Waals surface area contributed by atoms with E-state index in [1.54, 1.807) is 0 Å². The molecule has 0 radical (unpaired) electrons. The van der Waals surface area contributed by atoms with Gasteiger partial charge >= 0.3 is 6.03 Å². The molecular weight excluding hydrogens is 390 g/mol. The van der Waals surface area contributed by atoms with Gasteiger partial charge in [-0.2, -0.15) is 0 Å². The maximum Gasteiger partial charge on any atom is 0.325 e. The quantitative estimate of drug-likeness (QED) is 0.450. The van der Waals surface area contributed by atoms with Gasteiger partial charge in [0, 0.05) is 12.1 Å². The van der Waals surface area contributed by atoms with Crippen molar-refractivity contribution < 1.29 is 28.1 Å². The van der Waals surface area contributed by atoms with Crippen LogP contribution < -0.4 is 10.6 Å². The lowest BCUT2D eigenvalue weighted by molar-refractivity contribution is -0.384. The number of imide groups is 1. The van der Waals surface area contributed by atoms with Crippen LogP contribution in [0, 0.1) is 21.7 Å². The Bertz CT molecular complexity index is 1010. The van der Waals surface area contributed by atoms with Crippen LogP contribution in [0.4, 0.5) is 25.0 Å². The summed E-state index contributed by atoms with van der Waals surface area (Å²) in [6.07, 6.45) is 0. The topological polar surface area (TPSA) is 122 Å². The molecule has 9 nitrogen and oxygen atoms in total. The fourth-order valence-electron chi connectivity index (χ4n) is 2.89. The van der Waals surface area contributed by atoms with Crippen molar-refractivity contribution >= 4 is 29.2 Å². The first-order valence-corrected chi connectivity index (χ1v) is 8.26. The van der Waals surface area contributed by atoms with Crippen LogP contribution in [0.3, 0.4) is 0 Å². The van der Waals surface area contributed by atoms with Crippen molar-refractivity contribution in [3.63, 3.8) is 0 Å². The van der Waals surface area contributed by atoms with Gasteiger partial charge in [-0.05, 0) is 36.8 Å². The first-order chi connectivity index (χ1) is 13.6. The van der Waals surface area contributed by atoms with Crippen molar-refractivity contribution in [3.05, 3.63) is 69.8 Å². The third kappa shape index (κ3) is 3.61. The standard InChI is InChI=1S/C18H14F2N4O5/c1-18(10-5-7-11(8-6-10)24(28)29)16(26)23(17(27)22-18)9-14(25)21-15-12(19)3-2-4-13(15)20/h2-8H,9H2,1H3,(H,21,25)(H,22,27)/t18-/m1/s1. The molecule has 1 aliphatic rings. The van der Waals surface area contributed by atoms with E-state index in [1.165, 1.54) is 31.2 Å². The van der Waals surface area contributed by atoms with E-state index in [0.717, 1.165) is 18.2 Å². The van der Waals surface area contributed by atoms with Gasteiger partial charge in [-0.25, -0.2) is 13.6 Å². The Labute approximate surface area is 162 Å². The van der Waals surface area contributed by atoms with Crippen LogP contribution in [-0.4, -0.2) is 34.2 Å². The monoisotopic (exact) mass is 404 g/mol. The number of non-ortho nitro benzene ring substituents is 1. The van der Waals surface area contributed by atoms with Crippen molar-refractivity contribution in [1.82, 2.24) is 10.2 Å². The van der Waals surface area contributed by atoms with Gasteiger partial charge in [0.25, 0.3) is 11.6 Å². The number of hydrogen-bond acceptors (Lipinski definition) is 5. The van der Waals surface area contributed by atoms with Gasteiger partial charge in [-0.3, -0.25) is 24.6 Å². The smallest absolute Gasteiger partial charge is 0.320 e. The maximum atomic E-state index is 13.6. The number of nitrogens with one attached hydrogen (secondary N) is 2. The predicted octanol–water partition coefficient (Wildman–Crippen LogP) is 2.28. The average molecular weight is 404 g/mol. The van der Waals surface area contributed by atoms with E-state index in [0.29, 0.717) is 4.90 Å². The Morgan fingerprint density at radius 1 is 1.17 bits per heavy atom. The molecular formula is C18H14F2N4O5. The molecule has 4 amide bonds. The molecule has 1 fully saturated rings. The number of amides is 4. The van der Waals surface area contributed by atoms with Gasteiger partial charge in [0.1, 0.15) is 29.4 Å². The summed E-state index contributed by atoms with van der Waals surface area (Å²) in [5, 5.41) is 15.2. The summed E-state index contributed by atoms with van der Waals surface area (Å²) in [6, 6.07) is 7.10. The third-order valence-corrected chi connectivity index (χ3v) is 4.46. The lowest BCUT2D eigenvalue weighted by atomic mass is 9.92. The number of carbonyl (C=O) groups excluding carboxylic acids is 3. The minimum absolute atomic E-state index is 0.197. The summed E-state index contributed by atoms with van der Waals surface area (Å²) >= 11 is 0. The molecule has 0 saturated carbocycles. The van der Waals surface area contributed by atoms with Crippen molar-refractivity contribution in [2.24, 2.45) is 0 Å². The number of urea groups is 1. The first-order valence-electron chi connectivity index (χ1n) is 8.26. The molecule has 0 aromatic heterocycles. The Hall–Kier alpha value is -3.89. The van der Waals surface area contributed by atoms with Crippen LogP contribution in [0.2, 0.25) is 0 Å². The molecule has 1 heterocycles. The highest BCUT2D eigenvalue weighted by atomic mass is 19.1. The number of benzene rings is 2. The molecule has 150 valence electrons. The van der Waals surface area contributed by atoms with E-state index < -0.39 is 52.2 Å². The van der Waals surface area contributed by atoms with Crippen LogP contribution in [0.15, 0.2) is 42.5 Å². The van der Waals surface area contributed by atoms with Crippen LogP contribution in [0.5, 0.6) is 0 Å². The average Bonchev–Trinajstić information content (AvgIpc) is 2.89. The zero-order valence-corrected chi connectivity index (χ0v) is 14.9. The van der Waals surface area contributed by atoms with Crippen LogP contribution >= 0.6 is 0 Å². The van der Waals surface area contributed by atoms with Gasteiger partial charge in [0.05, 0.1) is 4.92 Å². The molecule has 3 rings (SSSR count). The molecule has 1 atom stereocenters. The number of para-hydroxylation sites is 1. The summed E-state index contributed by atoms with van der Waals surface area (Å²) in [6.45, 7) is 0.601. The summed E-state index contributed by atoms with van der Waals surface area (Å²) in [5.74, 6) is -3.79. The van der Waals surface area contributed by atoms with Gasteiger partial charge in [0.2, 0.25) is 5.91 Å². The van der Waals surface area contributed by atoms with Crippen molar-refractivity contribution in [3.8, 4) is 0 Å². The number of hydrogen-bond donors (Lipinski definition) is 2. The molecule has 29 heavy (non-hydrogen) atoms. The van der Waals surface area contributed by atoms with Crippen molar-refractivity contribution in [1.29, 1.82) is 0 Å². The number of rotatable bonds is 5. The number of nitro benzene ring substituents is 1. The molecule has 1 saturated heterocycles. The Kier molecular flexibility index (Phi) is 4.97. The van der Waals surface area contributed by atoms with Crippen LogP contribution in [-0.2, 0) is 15.1 Å². The molecule has 0 spiro atoms. The Morgan fingerprint density at radius 3 is 2.31 bits per heavy atom. The van der Waals surface area contributed by atoms with E-state index in [-0.39, 0.29) is 11.3 Å². The molecule has 1 aliphatic heterocycles. The van der Waals surface area contributed by atoms with Gasteiger partial charge in [-0.1, -0.05) is 6.07 Å². The number of nitro groups is 1. The molecule has 2 aromatic rings. The summed E-state index contributed by atoms with van der Waals surface area (Å²) < 4.78 is 27.3. The highest BCUT2D eigenvalue weighted by Crippen LogP contribution is 2.30. The molecule has 2 aromatic carbocycles. The van der Waals surface area contributed by atoms with Gasteiger partial charge < -0.3 is 10.6 Å². The largest absolute Gasteiger partial charge is 0.325 e. The van der Waals surface area contributed by atoms with E-state index in [1.807, 2.05) is 5.32 Å². The molecule has 0 unspecified atom stereocenters. The van der Waals surface area contributed by atoms with E-state index in [4.69, 9.17) is 0 Å². The first kappa shape index (κ1) is 19.9. The second kappa shape index (κ2) is 7.26. The zero-order chi connectivity index (χ0) is 21.3. The molecule has 2 N–H and O–H groups in total. The van der Waals surface area contributed by atoms with Crippen LogP contribution in [0.1, 0.15) is 12.5 Å². The SMILES string of the molecule is C[C@]1(c2ccc([N+](=O)[O-])cc2)NC(=O)N(CC(=O)Nc2c(F)cccc2F)C1=O. The second-order valence-corrected chi connectivity index (χ2v) is 6.40. The lowest BCUT2D eigenvalue weighted by Crippen LogP contribution is -2.42. The number of anilines is 1. The fraction of sp³-hybridized carbons (Fsp3) is 0.167. The zero-order valence-electron chi connectivity index (χ0n) is 14.9. The van der Waals surface area contributed by atoms with Crippen molar-refractivity contribution in [2.75, 3.05) is 11.9 Å². The molecule has 0 bridgehead atoms. The molecule has 0 aliphatic carbocycles. The number of carbonyl (C=O) groups is 3. The fourth-order valence-corrected chi connectivity index (χ4v) is 2.89. The van der Waals surface area contributed by atoms with Crippen LogP contribution in [0.25, 0.3) is 0 Å². The highest BCUT2D eigenvalue weighted by Gasteiger charge is 2.49. The normalized spacial score (nSPS) is 18.5. The summed E-state index contributed by atoms with van der Waals surface area (Å²) in [4.78, 5) is 47.9. The third-order valence-electron chi connectivity index (χ3n) is 4.46. The highest BCUT2D eigenvalue weighted by molar-refractivity contribution is 6.10. The van der Waals surface area contributed by atoms with Crippen molar-refractivity contribution in [2.45, 2.75) is 12.5 Å². The Balaban J connectivity index is 1.78. The summed E-state index contributed by atoms with van der Waals surface area (Å²) in [7, 11) is 0.